The fourth-order valence-electron chi connectivity index (χ4n) is 0.738. The number of carbonyl (C=O) groups excluding carboxylic acids is 1. The zero-order valence-corrected chi connectivity index (χ0v) is 6.74. The summed E-state index contributed by atoms with van der Waals surface area (Å²) in [6, 6.07) is -0.153. The van der Waals surface area contributed by atoms with Gasteiger partial charge in [0.2, 0.25) is 0 Å². The van der Waals surface area contributed by atoms with Crippen LogP contribution in [0.2, 0.25) is 0 Å². The Kier molecular flexibility index (Phi) is 4.23. The summed E-state index contributed by atoms with van der Waals surface area (Å²) in [5.74, 6) is 0. The summed E-state index contributed by atoms with van der Waals surface area (Å²) in [6.45, 7) is 1.68. The van der Waals surface area contributed by atoms with Gasteiger partial charge in [-0.25, -0.2) is 0 Å². The van der Waals surface area contributed by atoms with Crippen molar-refractivity contribution in [3.05, 3.63) is 0 Å². The van der Waals surface area contributed by atoms with Crippen molar-refractivity contribution in [1.82, 2.24) is 4.90 Å². The molecule has 0 aromatic carbocycles. The predicted molar refractivity (Wildman–Crippen MR) is 39.8 cm³/mol. The summed E-state index contributed by atoms with van der Waals surface area (Å²) in [6.07, 6.45) is 0.959. The third-order valence-electron chi connectivity index (χ3n) is 1.40. The van der Waals surface area contributed by atoms with Gasteiger partial charge in [-0.3, -0.25) is 4.90 Å². The second-order valence-electron chi connectivity index (χ2n) is 2.75. The summed E-state index contributed by atoms with van der Waals surface area (Å²) < 4.78 is 0. The topological polar surface area (TPSA) is 40.5 Å². The monoisotopic (exact) mass is 145 g/mol. The van der Waals surface area contributed by atoms with Crippen LogP contribution in [0.5, 0.6) is 0 Å². The number of aliphatic hydroxyl groups excluding tert-OH is 1. The molecule has 0 saturated heterocycles. The number of aliphatic hydroxyl groups is 1. The van der Waals surface area contributed by atoms with Gasteiger partial charge in [-0.1, -0.05) is 0 Å². The highest BCUT2D eigenvalue weighted by Gasteiger charge is 2.11. The van der Waals surface area contributed by atoms with E-state index in [-0.39, 0.29) is 6.04 Å². The van der Waals surface area contributed by atoms with E-state index in [9.17, 15) is 4.79 Å². The van der Waals surface area contributed by atoms with E-state index in [1.54, 1.807) is 11.8 Å². The number of likely N-dealkylation sites (N-methyl/N-ethyl adjacent to an activating group) is 1. The van der Waals surface area contributed by atoms with Gasteiger partial charge in [-0.05, 0) is 27.4 Å². The first kappa shape index (κ1) is 9.59. The maximum Gasteiger partial charge on any atom is 0.137 e. The zero-order chi connectivity index (χ0) is 8.15. The molecular formula is C7H15NO2. The number of rotatable bonds is 4. The highest BCUT2D eigenvalue weighted by molar-refractivity contribution is 5.57. The van der Waals surface area contributed by atoms with Crippen molar-refractivity contribution >= 4 is 6.29 Å². The Morgan fingerprint density at radius 2 is 2.10 bits per heavy atom. The van der Waals surface area contributed by atoms with Gasteiger partial charge >= 0.3 is 0 Å². The molecule has 0 aromatic rings. The molecule has 0 bridgehead atoms. The van der Waals surface area contributed by atoms with Gasteiger partial charge in [0.15, 0.2) is 0 Å². The molecule has 0 heterocycles. The van der Waals surface area contributed by atoms with Crippen LogP contribution in [-0.4, -0.2) is 42.5 Å². The van der Waals surface area contributed by atoms with Crippen LogP contribution >= 0.6 is 0 Å². The van der Waals surface area contributed by atoms with Gasteiger partial charge in [0.05, 0.1) is 12.1 Å². The Morgan fingerprint density at radius 1 is 1.60 bits per heavy atom. The van der Waals surface area contributed by atoms with Crippen molar-refractivity contribution in [2.75, 3.05) is 14.1 Å². The Labute approximate surface area is 61.6 Å². The largest absolute Gasteiger partial charge is 0.393 e. The number of hydrogen-bond acceptors (Lipinski definition) is 3. The minimum atomic E-state index is -0.405. The first-order valence-corrected chi connectivity index (χ1v) is 3.37. The summed E-state index contributed by atoms with van der Waals surface area (Å²) >= 11 is 0. The molecule has 10 heavy (non-hydrogen) atoms. The normalized spacial score (nSPS) is 16.9. The van der Waals surface area contributed by atoms with E-state index < -0.39 is 6.10 Å². The van der Waals surface area contributed by atoms with Crippen molar-refractivity contribution in [2.24, 2.45) is 0 Å². The average Bonchev–Trinajstić information content (AvgIpc) is 1.81. The summed E-state index contributed by atoms with van der Waals surface area (Å²) in [7, 11) is 3.64. The first-order chi connectivity index (χ1) is 4.57. The third kappa shape index (κ3) is 3.58. The molecule has 0 fully saturated rings. The first-order valence-electron chi connectivity index (χ1n) is 3.37. The fourth-order valence-corrected chi connectivity index (χ4v) is 0.738. The molecule has 3 nitrogen and oxygen atoms in total. The van der Waals surface area contributed by atoms with Crippen molar-refractivity contribution in [3.63, 3.8) is 0 Å². The van der Waals surface area contributed by atoms with Crippen LogP contribution in [0.3, 0.4) is 0 Å². The number of aldehydes is 1. The lowest BCUT2D eigenvalue weighted by molar-refractivity contribution is -0.112. The minimum Gasteiger partial charge on any atom is -0.393 e. The van der Waals surface area contributed by atoms with Crippen LogP contribution in [0.1, 0.15) is 13.3 Å². The second-order valence-corrected chi connectivity index (χ2v) is 2.75. The summed E-state index contributed by atoms with van der Waals surface area (Å²) in [4.78, 5) is 12.1. The lowest BCUT2D eigenvalue weighted by Gasteiger charge is -2.19. The van der Waals surface area contributed by atoms with Gasteiger partial charge in [0.1, 0.15) is 6.29 Å². The summed E-state index contributed by atoms with van der Waals surface area (Å²) in [5.41, 5.74) is 0. The van der Waals surface area contributed by atoms with Gasteiger partial charge in [-0.15, -0.1) is 0 Å². The van der Waals surface area contributed by atoms with Crippen LogP contribution in [0, 0.1) is 0 Å². The quantitative estimate of drug-likeness (QED) is 0.561. The molecule has 2 atom stereocenters. The van der Waals surface area contributed by atoms with Crippen molar-refractivity contribution in [3.8, 4) is 0 Å². The zero-order valence-electron chi connectivity index (χ0n) is 6.74. The molecule has 0 rings (SSSR count). The Morgan fingerprint density at radius 3 is 2.20 bits per heavy atom. The van der Waals surface area contributed by atoms with Gasteiger partial charge in [0.25, 0.3) is 0 Å². The van der Waals surface area contributed by atoms with Gasteiger partial charge in [-0.2, -0.15) is 0 Å². The van der Waals surface area contributed by atoms with E-state index in [2.05, 4.69) is 0 Å². The average molecular weight is 145 g/mol. The second kappa shape index (κ2) is 4.41. The molecular weight excluding hydrogens is 130 g/mol. The third-order valence-corrected chi connectivity index (χ3v) is 1.40. The van der Waals surface area contributed by atoms with Crippen LogP contribution in [0.15, 0.2) is 0 Å². The molecule has 0 saturated carbocycles. The standard InChI is InChI=1S/C7H15NO2/c1-6(10)4-7(5-9)8(2)3/h5-7,10H,4H2,1-3H3/t6-,7+/m1/s1. The van der Waals surface area contributed by atoms with Crippen LogP contribution in [-0.2, 0) is 4.79 Å². The van der Waals surface area contributed by atoms with E-state index in [1.165, 1.54) is 0 Å². The Bertz CT molecular complexity index is 102. The molecule has 0 aliphatic carbocycles. The maximum atomic E-state index is 10.3. The predicted octanol–water partition coefficient (Wildman–Crippen LogP) is -0.114. The maximum absolute atomic E-state index is 10.3. The minimum absolute atomic E-state index is 0.153. The van der Waals surface area contributed by atoms with E-state index >= 15 is 0 Å². The number of hydrogen-bond donors (Lipinski definition) is 1. The summed E-state index contributed by atoms with van der Waals surface area (Å²) in [5, 5.41) is 8.92. The molecule has 3 heteroatoms. The Balaban J connectivity index is 3.71. The molecule has 60 valence electrons. The lowest BCUT2D eigenvalue weighted by atomic mass is 10.1. The highest BCUT2D eigenvalue weighted by atomic mass is 16.3. The van der Waals surface area contributed by atoms with E-state index in [0.29, 0.717) is 6.42 Å². The molecule has 0 aromatic heterocycles. The van der Waals surface area contributed by atoms with Crippen LogP contribution in [0.4, 0.5) is 0 Å². The van der Waals surface area contributed by atoms with E-state index in [0.717, 1.165) is 6.29 Å². The smallest absolute Gasteiger partial charge is 0.137 e. The molecule has 0 spiro atoms. The van der Waals surface area contributed by atoms with Crippen LogP contribution in [0.25, 0.3) is 0 Å². The van der Waals surface area contributed by atoms with Crippen molar-refractivity contribution in [1.29, 1.82) is 0 Å². The molecule has 0 aliphatic rings. The molecule has 0 amide bonds. The fraction of sp³-hybridized carbons (Fsp3) is 0.857. The number of carbonyl (C=O) groups is 1. The number of nitrogens with zero attached hydrogens (tertiary/aromatic N) is 1. The molecule has 0 unspecified atom stereocenters. The highest BCUT2D eigenvalue weighted by Crippen LogP contribution is 1.99. The van der Waals surface area contributed by atoms with Gasteiger partial charge in [0, 0.05) is 0 Å². The van der Waals surface area contributed by atoms with Gasteiger partial charge < -0.3 is 9.90 Å². The van der Waals surface area contributed by atoms with Crippen molar-refractivity contribution < 1.29 is 9.90 Å². The van der Waals surface area contributed by atoms with Crippen molar-refractivity contribution in [2.45, 2.75) is 25.5 Å². The molecule has 0 radical (unpaired) electrons. The lowest BCUT2D eigenvalue weighted by Crippen LogP contribution is -2.32. The molecule has 0 aliphatic heterocycles. The van der Waals surface area contributed by atoms with Crippen LogP contribution < -0.4 is 0 Å². The SMILES string of the molecule is C[C@@H](O)C[C@@H](C=O)N(C)C. The Hall–Kier alpha value is -0.410. The van der Waals surface area contributed by atoms with E-state index in [1.807, 2.05) is 14.1 Å². The van der Waals surface area contributed by atoms with E-state index in [4.69, 9.17) is 5.11 Å². The molecule has 1 N–H and O–H groups in total.